The van der Waals surface area contributed by atoms with Gasteiger partial charge in [0.2, 0.25) is 0 Å². The Morgan fingerprint density at radius 1 is 0.857 bits per heavy atom. The third-order valence-corrected chi connectivity index (χ3v) is 4.64. The quantitative estimate of drug-likeness (QED) is 0.452. The summed E-state index contributed by atoms with van der Waals surface area (Å²) >= 11 is 0. The number of hydrogen-bond acceptors (Lipinski definition) is 4. The Morgan fingerprint density at radius 3 is 2.57 bits per heavy atom. The molecular weight excluding hydrogens is 346 g/mol. The first kappa shape index (κ1) is 18.0. The normalized spacial score (nSPS) is 11.0. The number of imidazole rings is 1. The number of aryl methyl sites for hydroxylation is 3. The van der Waals surface area contributed by atoms with Crippen molar-refractivity contribution in [2.24, 2.45) is 0 Å². The van der Waals surface area contributed by atoms with Crippen LogP contribution in [0.15, 0.2) is 61.1 Å². The molecule has 0 aliphatic carbocycles. The number of hydrogen-bond donors (Lipinski definition) is 0. The molecule has 5 aromatic heterocycles. The van der Waals surface area contributed by atoms with Crippen molar-refractivity contribution in [3.8, 4) is 0 Å². The minimum absolute atomic E-state index is 0.814. The van der Waals surface area contributed by atoms with Crippen LogP contribution in [0, 0.1) is 6.92 Å². The fraction of sp³-hybridized carbons (Fsp3) is 0.217. The van der Waals surface area contributed by atoms with Crippen molar-refractivity contribution in [1.82, 2.24) is 24.3 Å². The Labute approximate surface area is 164 Å². The van der Waals surface area contributed by atoms with Crippen LogP contribution in [-0.4, -0.2) is 24.3 Å². The van der Waals surface area contributed by atoms with Crippen LogP contribution in [0.3, 0.4) is 0 Å². The Hall–Kier alpha value is -3.34. The highest BCUT2D eigenvalue weighted by atomic mass is 15.0. The molecule has 5 heteroatoms. The first-order valence-corrected chi connectivity index (χ1v) is 9.71. The summed E-state index contributed by atoms with van der Waals surface area (Å²) in [7, 11) is 0. The van der Waals surface area contributed by atoms with E-state index in [4.69, 9.17) is 9.97 Å². The first-order valence-electron chi connectivity index (χ1n) is 9.71. The van der Waals surface area contributed by atoms with Crippen LogP contribution in [0.4, 0.5) is 0 Å². The van der Waals surface area contributed by atoms with Gasteiger partial charge in [-0.05, 0) is 62.2 Å². The molecule has 0 bridgehead atoms. The monoisotopic (exact) mass is 369 g/mol. The second kappa shape index (κ2) is 7.72. The summed E-state index contributed by atoms with van der Waals surface area (Å²) in [6.07, 6.45) is 7.59. The predicted octanol–water partition coefficient (Wildman–Crippen LogP) is 4.95. The highest BCUT2D eigenvalue weighted by Gasteiger charge is 2.07. The van der Waals surface area contributed by atoms with E-state index in [1.165, 1.54) is 0 Å². The van der Waals surface area contributed by atoms with Crippen LogP contribution in [0.25, 0.3) is 27.6 Å². The zero-order valence-electron chi connectivity index (χ0n) is 16.4. The van der Waals surface area contributed by atoms with Gasteiger partial charge in [-0.25, -0.2) is 15.0 Å². The van der Waals surface area contributed by atoms with Crippen molar-refractivity contribution >= 4 is 27.6 Å². The lowest BCUT2D eigenvalue weighted by Gasteiger charge is -2.02. The van der Waals surface area contributed by atoms with Crippen LogP contribution in [0.1, 0.15) is 30.9 Å². The summed E-state index contributed by atoms with van der Waals surface area (Å²) in [5, 5.41) is 2.15. The van der Waals surface area contributed by atoms with Crippen molar-refractivity contribution in [2.75, 3.05) is 0 Å². The lowest BCUT2D eigenvalue weighted by molar-refractivity contribution is 0.894. The lowest BCUT2D eigenvalue weighted by Crippen LogP contribution is -1.96. The molecule has 0 saturated carbocycles. The maximum absolute atomic E-state index is 4.81. The molecule has 0 aliphatic rings. The van der Waals surface area contributed by atoms with Crippen LogP contribution < -0.4 is 0 Å². The molecule has 0 aliphatic heterocycles. The average molecular weight is 369 g/mol. The summed E-state index contributed by atoms with van der Waals surface area (Å²) in [6, 6.07) is 14.3. The predicted molar refractivity (Wildman–Crippen MR) is 114 cm³/mol. The highest BCUT2D eigenvalue weighted by molar-refractivity contribution is 5.91. The van der Waals surface area contributed by atoms with E-state index in [1.54, 1.807) is 0 Å². The molecule has 0 unspecified atom stereocenters. The van der Waals surface area contributed by atoms with Crippen LogP contribution in [0.2, 0.25) is 0 Å². The van der Waals surface area contributed by atoms with E-state index < -0.39 is 0 Å². The minimum Gasteiger partial charge on any atom is -0.306 e. The average Bonchev–Trinajstić information content (AvgIpc) is 3.17. The van der Waals surface area contributed by atoms with Gasteiger partial charge in [0.15, 0.2) is 5.65 Å². The Kier molecular flexibility index (Phi) is 4.98. The largest absolute Gasteiger partial charge is 0.306 e. The topological polar surface area (TPSA) is 56.0 Å². The van der Waals surface area contributed by atoms with E-state index in [2.05, 4.69) is 44.8 Å². The van der Waals surface area contributed by atoms with E-state index in [0.717, 1.165) is 57.5 Å². The van der Waals surface area contributed by atoms with Gasteiger partial charge in [0, 0.05) is 40.8 Å². The number of nitrogens with zero attached hydrogens (tertiary/aromatic N) is 5. The van der Waals surface area contributed by atoms with Gasteiger partial charge >= 0.3 is 0 Å². The molecule has 28 heavy (non-hydrogen) atoms. The summed E-state index contributed by atoms with van der Waals surface area (Å²) in [4.78, 5) is 18.4. The Morgan fingerprint density at radius 2 is 1.68 bits per heavy atom. The van der Waals surface area contributed by atoms with Crippen LogP contribution in [0.5, 0.6) is 0 Å². The van der Waals surface area contributed by atoms with Gasteiger partial charge in [0.1, 0.15) is 5.65 Å². The molecule has 5 heterocycles. The van der Waals surface area contributed by atoms with E-state index in [9.17, 15) is 0 Å². The summed E-state index contributed by atoms with van der Waals surface area (Å²) in [6.45, 7) is 5.99. The molecule has 0 N–H and O–H groups in total. The minimum atomic E-state index is 0.814. The van der Waals surface area contributed by atoms with Gasteiger partial charge in [0.05, 0.1) is 11.2 Å². The van der Waals surface area contributed by atoms with Crippen molar-refractivity contribution < 1.29 is 0 Å². The van der Waals surface area contributed by atoms with Gasteiger partial charge in [-0.3, -0.25) is 4.98 Å². The third-order valence-electron chi connectivity index (χ3n) is 4.64. The number of fused-ring (bicyclic) bond motifs is 4. The molecular formula is C23H23N5. The summed E-state index contributed by atoms with van der Waals surface area (Å²) < 4.78 is 2.07. The van der Waals surface area contributed by atoms with Gasteiger partial charge in [0.25, 0.3) is 0 Å². The van der Waals surface area contributed by atoms with Gasteiger partial charge in [-0.2, -0.15) is 0 Å². The van der Waals surface area contributed by atoms with E-state index in [-0.39, 0.29) is 0 Å². The number of pyridine rings is 4. The van der Waals surface area contributed by atoms with Gasteiger partial charge in [-0.15, -0.1) is 0 Å². The molecule has 0 aromatic carbocycles. The second-order valence-electron chi connectivity index (χ2n) is 6.52. The zero-order chi connectivity index (χ0) is 19.5. The first-order chi connectivity index (χ1) is 13.8. The summed E-state index contributed by atoms with van der Waals surface area (Å²) in [5.74, 6) is 0. The Bertz CT molecular complexity index is 1260. The maximum atomic E-state index is 4.81. The highest BCUT2D eigenvalue weighted by Crippen LogP contribution is 2.18. The smallest absolute Gasteiger partial charge is 0.159 e. The van der Waals surface area contributed by atoms with Crippen molar-refractivity contribution in [3.63, 3.8) is 0 Å². The molecule has 140 valence electrons. The molecule has 0 atom stereocenters. The van der Waals surface area contributed by atoms with E-state index in [1.807, 2.05) is 51.4 Å². The number of rotatable bonds is 3. The third kappa shape index (κ3) is 3.43. The molecule has 0 spiro atoms. The zero-order valence-corrected chi connectivity index (χ0v) is 16.4. The van der Waals surface area contributed by atoms with Crippen molar-refractivity contribution in [1.29, 1.82) is 0 Å². The molecule has 0 radical (unpaired) electrons. The Balaban J connectivity index is 0.000000932. The lowest BCUT2D eigenvalue weighted by atomic mass is 10.1. The van der Waals surface area contributed by atoms with Crippen molar-refractivity contribution in [2.45, 2.75) is 33.6 Å². The molecule has 5 rings (SSSR count). The van der Waals surface area contributed by atoms with E-state index in [0.29, 0.717) is 0 Å². The number of aromatic nitrogens is 5. The van der Waals surface area contributed by atoms with Gasteiger partial charge < -0.3 is 4.40 Å². The fourth-order valence-corrected chi connectivity index (χ4v) is 3.30. The van der Waals surface area contributed by atoms with Crippen molar-refractivity contribution in [3.05, 3.63) is 78.1 Å². The fourth-order valence-electron chi connectivity index (χ4n) is 3.30. The standard InChI is InChI=1S/C21H17N5.C2H6/c1-14-4-5-15-6-7-16(24-20(15)23-14)8-9-17-13-26-12-10-19-18(21(26)25-17)3-2-11-22-19;1-2/h2-7,10-13H,8-9H2,1H3;1-2H3. The van der Waals surface area contributed by atoms with Crippen LogP contribution >= 0.6 is 0 Å². The van der Waals surface area contributed by atoms with Gasteiger partial charge in [-0.1, -0.05) is 13.8 Å². The molecule has 5 nitrogen and oxygen atoms in total. The molecule has 0 saturated heterocycles. The van der Waals surface area contributed by atoms with E-state index >= 15 is 0 Å². The molecule has 0 amide bonds. The molecule has 0 fully saturated rings. The SMILES string of the molecule is CC.Cc1ccc2ccc(CCc3cn4ccc5ncccc5c4n3)nc2n1. The van der Waals surface area contributed by atoms with Crippen LogP contribution in [-0.2, 0) is 12.8 Å². The molecule has 5 aromatic rings. The second-order valence-corrected chi connectivity index (χ2v) is 6.52. The maximum Gasteiger partial charge on any atom is 0.159 e. The summed E-state index contributed by atoms with van der Waals surface area (Å²) in [5.41, 5.74) is 5.82.